The van der Waals surface area contributed by atoms with Crippen LogP contribution in [-0.2, 0) is 12.8 Å². The molecule has 1 saturated carbocycles. The van der Waals surface area contributed by atoms with Crippen molar-refractivity contribution in [2.24, 2.45) is 0 Å². The molecule has 0 unspecified atom stereocenters. The SMILES string of the molecule is C=C(C)/C=C\c1c(C(=O)NC2CCCCC2)ccc(OC)c1C.CC/C=C(\CCC)c1ccc(CCCCC)c(CCC)c1.CCC. The second-order valence-corrected chi connectivity index (χ2v) is 13.1. The fraction of sp³-hybridized carbons (Fsp3) is 0.568. The number of rotatable bonds is 15. The molecule has 0 aromatic heterocycles. The number of carbonyl (C=O) groups excluding carboxylic acids is 1. The molecule has 3 rings (SSSR count). The lowest BCUT2D eigenvalue weighted by Gasteiger charge is -2.23. The van der Waals surface area contributed by atoms with E-state index in [9.17, 15) is 4.79 Å². The van der Waals surface area contributed by atoms with E-state index in [4.69, 9.17) is 4.74 Å². The minimum atomic E-state index is 0.00372. The summed E-state index contributed by atoms with van der Waals surface area (Å²) in [5, 5.41) is 3.19. The van der Waals surface area contributed by atoms with E-state index in [1.54, 1.807) is 18.2 Å². The van der Waals surface area contributed by atoms with Crippen LogP contribution in [0, 0.1) is 6.92 Å². The summed E-state index contributed by atoms with van der Waals surface area (Å²) in [6.07, 6.45) is 24.7. The fourth-order valence-corrected chi connectivity index (χ4v) is 6.10. The van der Waals surface area contributed by atoms with Crippen molar-refractivity contribution in [2.45, 2.75) is 158 Å². The van der Waals surface area contributed by atoms with Gasteiger partial charge in [-0.15, -0.1) is 0 Å². The topological polar surface area (TPSA) is 38.3 Å². The molecule has 0 bridgehead atoms. The zero-order valence-corrected chi connectivity index (χ0v) is 31.8. The lowest BCUT2D eigenvalue weighted by molar-refractivity contribution is 0.0927. The first kappa shape index (κ1) is 42.0. The number of ether oxygens (including phenoxy) is 1. The third kappa shape index (κ3) is 15.6. The molecule has 1 aliphatic carbocycles. The number of unbranched alkanes of at least 4 members (excludes halogenated alkanes) is 2. The molecular formula is C44H69NO2. The number of allylic oxidation sites excluding steroid dienone is 4. The fourth-order valence-electron chi connectivity index (χ4n) is 6.10. The summed E-state index contributed by atoms with van der Waals surface area (Å²) in [6.45, 7) is 21.1. The molecule has 1 aliphatic rings. The number of methoxy groups -OCH3 is 1. The summed E-state index contributed by atoms with van der Waals surface area (Å²) in [5.74, 6) is 0.796. The number of hydrogen-bond donors (Lipinski definition) is 1. The third-order valence-electron chi connectivity index (χ3n) is 8.52. The Balaban J connectivity index is 0.000000435. The molecule has 1 N–H and O–H groups in total. The highest BCUT2D eigenvalue weighted by molar-refractivity contribution is 5.99. The normalized spacial score (nSPS) is 13.3. The summed E-state index contributed by atoms with van der Waals surface area (Å²) in [7, 11) is 1.65. The van der Waals surface area contributed by atoms with E-state index in [1.165, 1.54) is 88.2 Å². The molecule has 3 nitrogen and oxygen atoms in total. The van der Waals surface area contributed by atoms with Crippen LogP contribution in [0.5, 0.6) is 5.75 Å². The van der Waals surface area contributed by atoms with Gasteiger partial charge in [0.25, 0.3) is 5.91 Å². The summed E-state index contributed by atoms with van der Waals surface area (Å²) in [5.41, 5.74) is 9.70. The molecule has 0 heterocycles. The van der Waals surface area contributed by atoms with Gasteiger partial charge in [-0.05, 0) is 104 Å². The third-order valence-corrected chi connectivity index (χ3v) is 8.52. The minimum absolute atomic E-state index is 0.00372. The van der Waals surface area contributed by atoms with Crippen molar-refractivity contribution in [2.75, 3.05) is 7.11 Å². The zero-order valence-electron chi connectivity index (χ0n) is 31.8. The maximum Gasteiger partial charge on any atom is 0.252 e. The van der Waals surface area contributed by atoms with E-state index in [-0.39, 0.29) is 5.91 Å². The predicted molar refractivity (Wildman–Crippen MR) is 209 cm³/mol. The molecule has 262 valence electrons. The second kappa shape index (κ2) is 25.0. The largest absolute Gasteiger partial charge is 0.496 e. The Morgan fingerprint density at radius 3 is 2.19 bits per heavy atom. The first-order valence-corrected chi connectivity index (χ1v) is 18.8. The monoisotopic (exact) mass is 644 g/mol. The van der Waals surface area contributed by atoms with Crippen LogP contribution in [0.4, 0.5) is 0 Å². The maximum absolute atomic E-state index is 12.7. The molecule has 0 saturated heterocycles. The van der Waals surface area contributed by atoms with Crippen LogP contribution in [-0.4, -0.2) is 19.1 Å². The molecule has 2 aromatic rings. The molecule has 1 amide bonds. The molecule has 0 aliphatic heterocycles. The van der Waals surface area contributed by atoms with Crippen LogP contribution in [0.1, 0.15) is 170 Å². The van der Waals surface area contributed by atoms with E-state index in [1.807, 2.05) is 38.1 Å². The van der Waals surface area contributed by atoms with Gasteiger partial charge < -0.3 is 10.1 Å². The Hall–Kier alpha value is -3.07. The van der Waals surface area contributed by atoms with Crippen LogP contribution >= 0.6 is 0 Å². The van der Waals surface area contributed by atoms with E-state index in [0.29, 0.717) is 11.6 Å². The Kier molecular flexibility index (Phi) is 22.3. The van der Waals surface area contributed by atoms with Crippen molar-refractivity contribution in [3.8, 4) is 5.75 Å². The lowest BCUT2D eigenvalue weighted by atomic mass is 9.92. The van der Waals surface area contributed by atoms with Gasteiger partial charge in [-0.3, -0.25) is 4.79 Å². The van der Waals surface area contributed by atoms with Gasteiger partial charge in [0, 0.05) is 11.6 Å². The van der Waals surface area contributed by atoms with Gasteiger partial charge in [0.05, 0.1) is 7.11 Å². The zero-order chi connectivity index (χ0) is 35.0. The minimum Gasteiger partial charge on any atom is -0.496 e. The van der Waals surface area contributed by atoms with E-state index >= 15 is 0 Å². The average Bonchev–Trinajstić information content (AvgIpc) is 3.06. The van der Waals surface area contributed by atoms with Gasteiger partial charge in [0.1, 0.15) is 5.75 Å². The van der Waals surface area contributed by atoms with E-state index < -0.39 is 0 Å². The molecule has 0 atom stereocenters. The van der Waals surface area contributed by atoms with Crippen molar-refractivity contribution in [3.63, 3.8) is 0 Å². The van der Waals surface area contributed by atoms with Crippen molar-refractivity contribution in [1.82, 2.24) is 5.32 Å². The molecule has 2 aromatic carbocycles. The number of hydrogen-bond acceptors (Lipinski definition) is 2. The summed E-state index contributed by atoms with van der Waals surface area (Å²) >= 11 is 0. The summed E-state index contributed by atoms with van der Waals surface area (Å²) in [4.78, 5) is 12.7. The smallest absolute Gasteiger partial charge is 0.252 e. The summed E-state index contributed by atoms with van der Waals surface area (Å²) in [6, 6.07) is 11.2. The Morgan fingerprint density at radius 2 is 1.62 bits per heavy atom. The summed E-state index contributed by atoms with van der Waals surface area (Å²) < 4.78 is 5.39. The Labute approximate surface area is 290 Å². The lowest BCUT2D eigenvalue weighted by Crippen LogP contribution is -2.36. The highest BCUT2D eigenvalue weighted by Gasteiger charge is 2.20. The van der Waals surface area contributed by atoms with Gasteiger partial charge in [-0.2, -0.15) is 0 Å². The number of aryl methyl sites for hydroxylation is 2. The highest BCUT2D eigenvalue weighted by Crippen LogP contribution is 2.28. The first-order valence-electron chi connectivity index (χ1n) is 18.8. The van der Waals surface area contributed by atoms with Crippen LogP contribution in [0.3, 0.4) is 0 Å². The van der Waals surface area contributed by atoms with E-state index in [2.05, 4.69) is 77.7 Å². The van der Waals surface area contributed by atoms with Crippen molar-refractivity contribution < 1.29 is 9.53 Å². The second-order valence-electron chi connectivity index (χ2n) is 13.1. The van der Waals surface area contributed by atoms with Gasteiger partial charge in [-0.25, -0.2) is 0 Å². The molecule has 0 spiro atoms. The molecule has 1 fully saturated rings. The van der Waals surface area contributed by atoms with Gasteiger partial charge >= 0.3 is 0 Å². The van der Waals surface area contributed by atoms with Crippen LogP contribution < -0.4 is 10.1 Å². The number of benzene rings is 2. The quantitative estimate of drug-likeness (QED) is 0.155. The van der Waals surface area contributed by atoms with Crippen molar-refractivity contribution in [1.29, 1.82) is 0 Å². The number of carbonyl (C=O) groups is 1. The van der Waals surface area contributed by atoms with Crippen LogP contribution in [0.2, 0.25) is 0 Å². The maximum atomic E-state index is 12.7. The highest BCUT2D eigenvalue weighted by atomic mass is 16.5. The standard InChI is InChI=1S/C21H34.C20H27NO2.C3H8/c1-5-9-10-14-19-15-16-21(17-20(19)13-8-4)18(11-6-2)12-7-3;1-14(2)10-11-17-15(3)19(23-4)13-12-18(17)20(22)21-16-8-6-5-7-9-16;1-3-2/h11,15-17H,5-10,12-14H2,1-4H3;10-13,16H,1,5-9H2,2-4H3,(H,21,22);3H2,1-2H3/b18-11+;11-10-;. The first-order chi connectivity index (χ1) is 22.7. The van der Waals surface area contributed by atoms with Crippen LogP contribution in [0.25, 0.3) is 11.6 Å². The van der Waals surface area contributed by atoms with E-state index in [0.717, 1.165) is 41.7 Å². The molecule has 47 heavy (non-hydrogen) atoms. The molecular weight excluding hydrogens is 574 g/mol. The number of nitrogens with one attached hydrogen (secondary N) is 1. The molecule has 3 heteroatoms. The van der Waals surface area contributed by atoms with Gasteiger partial charge in [-0.1, -0.05) is 141 Å². The predicted octanol–water partition coefficient (Wildman–Crippen LogP) is 13.0. The van der Waals surface area contributed by atoms with Gasteiger partial charge in [0.15, 0.2) is 0 Å². The van der Waals surface area contributed by atoms with Crippen LogP contribution in [0.15, 0.2) is 54.6 Å². The van der Waals surface area contributed by atoms with Crippen molar-refractivity contribution >= 4 is 17.6 Å². The van der Waals surface area contributed by atoms with Crippen molar-refractivity contribution in [3.05, 3.63) is 88.0 Å². The Bertz CT molecular complexity index is 1250. The molecule has 0 radical (unpaired) electrons. The van der Waals surface area contributed by atoms with Gasteiger partial charge in [0.2, 0.25) is 0 Å². The number of amides is 1. The average molecular weight is 644 g/mol. The Morgan fingerprint density at radius 1 is 0.915 bits per heavy atom.